The molecule has 1 saturated carbocycles. The lowest BCUT2D eigenvalue weighted by atomic mass is 9.98. The summed E-state index contributed by atoms with van der Waals surface area (Å²) in [6.07, 6.45) is 0.654. The third kappa shape index (κ3) is 5.99. The Balaban J connectivity index is 1.37. The summed E-state index contributed by atoms with van der Waals surface area (Å²) >= 11 is 14.0. The maximum Gasteiger partial charge on any atom is 0.412 e. The molecule has 3 aromatic carbocycles. The standard InChI is InChI=1S/C29H23Cl2NO4S/c1-17(21-6-4-5-9-24(21)30)35-29(34)32-25-16-26(31)37-27(25)23-8-3-2-7-22(23)18-12-14-20(15-13-18)36-28(33)19-10-11-19/h2-9,12-17,19H,10-11H2,1H3,(H,32,34). The fourth-order valence-electron chi connectivity index (χ4n) is 3.98. The zero-order valence-electron chi connectivity index (χ0n) is 19.9. The minimum Gasteiger partial charge on any atom is -0.441 e. The summed E-state index contributed by atoms with van der Waals surface area (Å²) in [6.45, 7) is 1.77. The third-order valence-corrected chi connectivity index (χ3v) is 7.67. The maximum atomic E-state index is 12.8. The summed E-state index contributed by atoms with van der Waals surface area (Å²) in [5.74, 6) is 0.386. The number of benzene rings is 3. The summed E-state index contributed by atoms with van der Waals surface area (Å²) in [5, 5.41) is 3.37. The predicted octanol–water partition coefficient (Wildman–Crippen LogP) is 9.01. The lowest BCUT2D eigenvalue weighted by Gasteiger charge is -2.16. The number of ether oxygens (including phenoxy) is 2. The van der Waals surface area contributed by atoms with E-state index in [9.17, 15) is 9.59 Å². The molecule has 5 rings (SSSR count). The van der Waals surface area contributed by atoms with Crippen LogP contribution in [0.25, 0.3) is 21.6 Å². The lowest BCUT2D eigenvalue weighted by Crippen LogP contribution is -2.16. The van der Waals surface area contributed by atoms with Crippen molar-refractivity contribution in [2.75, 3.05) is 5.32 Å². The van der Waals surface area contributed by atoms with Crippen LogP contribution in [0.2, 0.25) is 9.36 Å². The van der Waals surface area contributed by atoms with E-state index < -0.39 is 12.2 Å². The van der Waals surface area contributed by atoms with Crippen molar-refractivity contribution in [1.82, 2.24) is 0 Å². The van der Waals surface area contributed by atoms with Gasteiger partial charge in [0.1, 0.15) is 11.9 Å². The fraction of sp³-hybridized carbons (Fsp3) is 0.172. The van der Waals surface area contributed by atoms with Crippen molar-refractivity contribution >= 4 is 52.3 Å². The number of anilines is 1. The molecule has 1 aliphatic rings. The van der Waals surface area contributed by atoms with Crippen LogP contribution in [-0.2, 0) is 9.53 Å². The Labute approximate surface area is 228 Å². The molecular weight excluding hydrogens is 529 g/mol. The molecule has 0 radical (unpaired) electrons. The molecule has 188 valence electrons. The van der Waals surface area contributed by atoms with Crippen LogP contribution in [0.1, 0.15) is 31.4 Å². The topological polar surface area (TPSA) is 64.6 Å². The number of esters is 1. The van der Waals surface area contributed by atoms with E-state index in [0.29, 0.717) is 20.8 Å². The SMILES string of the molecule is CC(OC(=O)Nc1cc(Cl)sc1-c1ccccc1-c1ccc(OC(=O)C2CC2)cc1)c1ccccc1Cl. The summed E-state index contributed by atoms with van der Waals surface area (Å²) in [6, 6.07) is 24.2. The van der Waals surface area contributed by atoms with E-state index in [0.717, 1.165) is 40.0 Å². The van der Waals surface area contributed by atoms with Crippen molar-refractivity contribution in [2.24, 2.45) is 5.92 Å². The van der Waals surface area contributed by atoms with Gasteiger partial charge >= 0.3 is 12.1 Å². The number of carbonyl (C=O) groups is 2. The van der Waals surface area contributed by atoms with Gasteiger partial charge in [0.15, 0.2) is 0 Å². The van der Waals surface area contributed by atoms with Crippen molar-refractivity contribution in [3.8, 4) is 27.3 Å². The maximum absolute atomic E-state index is 12.8. The summed E-state index contributed by atoms with van der Waals surface area (Å²) < 4.78 is 11.6. The van der Waals surface area contributed by atoms with Gasteiger partial charge in [-0.2, -0.15) is 0 Å². The Kier molecular flexibility index (Phi) is 7.51. The van der Waals surface area contributed by atoms with Gasteiger partial charge in [-0.3, -0.25) is 10.1 Å². The molecule has 1 heterocycles. The van der Waals surface area contributed by atoms with Crippen LogP contribution >= 0.6 is 34.5 Å². The number of rotatable bonds is 7. The Bertz CT molecular complexity index is 1450. The number of amides is 1. The molecule has 1 aliphatic carbocycles. The molecule has 1 unspecified atom stereocenters. The number of nitrogens with one attached hydrogen (secondary N) is 1. The Morgan fingerprint density at radius 3 is 2.32 bits per heavy atom. The first-order valence-corrected chi connectivity index (χ1v) is 13.4. The zero-order valence-corrected chi connectivity index (χ0v) is 22.2. The van der Waals surface area contributed by atoms with Gasteiger partial charge in [-0.15, -0.1) is 11.3 Å². The zero-order chi connectivity index (χ0) is 25.9. The molecule has 1 aromatic heterocycles. The van der Waals surface area contributed by atoms with E-state index in [2.05, 4.69) is 5.32 Å². The fourth-order valence-corrected chi connectivity index (χ4v) is 5.49. The average molecular weight is 552 g/mol. The quantitative estimate of drug-likeness (QED) is 0.184. The Morgan fingerprint density at radius 1 is 0.946 bits per heavy atom. The summed E-state index contributed by atoms with van der Waals surface area (Å²) in [4.78, 5) is 25.6. The van der Waals surface area contributed by atoms with E-state index in [4.69, 9.17) is 32.7 Å². The van der Waals surface area contributed by atoms with Crippen molar-refractivity contribution in [2.45, 2.75) is 25.9 Å². The second-order valence-corrected chi connectivity index (χ2v) is 10.8. The van der Waals surface area contributed by atoms with Crippen molar-refractivity contribution < 1.29 is 19.1 Å². The van der Waals surface area contributed by atoms with Gasteiger partial charge in [0, 0.05) is 16.1 Å². The molecule has 0 bridgehead atoms. The Hall–Kier alpha value is -3.32. The van der Waals surface area contributed by atoms with Crippen LogP contribution in [0.3, 0.4) is 0 Å². The van der Waals surface area contributed by atoms with Crippen molar-refractivity contribution in [1.29, 1.82) is 0 Å². The molecule has 0 saturated heterocycles. The van der Waals surface area contributed by atoms with Crippen LogP contribution in [-0.4, -0.2) is 12.1 Å². The molecule has 1 amide bonds. The van der Waals surface area contributed by atoms with Gasteiger partial charge in [-0.25, -0.2) is 4.79 Å². The van der Waals surface area contributed by atoms with Crippen LogP contribution in [0.15, 0.2) is 78.9 Å². The van der Waals surface area contributed by atoms with Gasteiger partial charge in [0.25, 0.3) is 0 Å². The average Bonchev–Trinajstić information content (AvgIpc) is 3.68. The first-order valence-electron chi connectivity index (χ1n) is 11.8. The minimum atomic E-state index is -0.609. The summed E-state index contributed by atoms with van der Waals surface area (Å²) in [7, 11) is 0. The summed E-state index contributed by atoms with van der Waals surface area (Å²) in [5.41, 5.74) is 4.05. The highest BCUT2D eigenvalue weighted by Crippen LogP contribution is 2.44. The largest absolute Gasteiger partial charge is 0.441 e. The third-order valence-electron chi connectivity index (χ3n) is 6.03. The highest BCUT2D eigenvalue weighted by molar-refractivity contribution is 7.20. The van der Waals surface area contributed by atoms with Crippen molar-refractivity contribution in [3.05, 3.63) is 93.8 Å². The van der Waals surface area contributed by atoms with Crippen LogP contribution in [0.4, 0.5) is 10.5 Å². The molecule has 1 atom stereocenters. The number of thiophene rings is 1. The molecular formula is C29H23Cl2NO4S. The first kappa shape index (κ1) is 25.3. The highest BCUT2D eigenvalue weighted by Gasteiger charge is 2.31. The second kappa shape index (κ2) is 11.0. The van der Waals surface area contributed by atoms with E-state index >= 15 is 0 Å². The molecule has 37 heavy (non-hydrogen) atoms. The van der Waals surface area contributed by atoms with Gasteiger partial charge in [0.2, 0.25) is 0 Å². The molecule has 8 heteroatoms. The van der Waals surface area contributed by atoms with E-state index in [1.54, 1.807) is 31.2 Å². The molecule has 1 fully saturated rings. The van der Waals surface area contributed by atoms with E-state index in [1.807, 2.05) is 54.6 Å². The normalized spacial score (nSPS) is 13.6. The number of carbonyl (C=O) groups excluding carboxylic acids is 2. The van der Waals surface area contributed by atoms with Crippen molar-refractivity contribution in [3.63, 3.8) is 0 Å². The molecule has 0 aliphatic heterocycles. The number of halogens is 2. The smallest absolute Gasteiger partial charge is 0.412 e. The van der Waals surface area contributed by atoms with Gasteiger partial charge in [-0.1, -0.05) is 77.8 Å². The first-order chi connectivity index (χ1) is 17.9. The van der Waals surface area contributed by atoms with Crippen LogP contribution in [0, 0.1) is 5.92 Å². The lowest BCUT2D eigenvalue weighted by molar-refractivity contribution is -0.135. The monoisotopic (exact) mass is 551 g/mol. The minimum absolute atomic E-state index is 0.0363. The molecule has 1 N–H and O–H groups in total. The number of hydrogen-bond acceptors (Lipinski definition) is 5. The van der Waals surface area contributed by atoms with Crippen LogP contribution in [0.5, 0.6) is 5.75 Å². The predicted molar refractivity (Wildman–Crippen MR) is 149 cm³/mol. The highest BCUT2D eigenvalue weighted by atomic mass is 35.5. The molecule has 4 aromatic rings. The van der Waals surface area contributed by atoms with Gasteiger partial charge in [-0.05, 0) is 55.2 Å². The van der Waals surface area contributed by atoms with E-state index in [1.165, 1.54) is 11.3 Å². The second-order valence-electron chi connectivity index (χ2n) is 8.75. The van der Waals surface area contributed by atoms with Crippen LogP contribution < -0.4 is 10.1 Å². The van der Waals surface area contributed by atoms with E-state index in [-0.39, 0.29) is 11.9 Å². The Morgan fingerprint density at radius 2 is 1.62 bits per heavy atom. The van der Waals surface area contributed by atoms with Gasteiger partial charge < -0.3 is 9.47 Å². The number of hydrogen-bond donors (Lipinski definition) is 1. The van der Waals surface area contributed by atoms with Gasteiger partial charge in [0.05, 0.1) is 20.8 Å². The molecule has 0 spiro atoms. The molecule has 5 nitrogen and oxygen atoms in total.